The minimum absolute atomic E-state index is 0.106. The zero-order valence-electron chi connectivity index (χ0n) is 17.4. The van der Waals surface area contributed by atoms with Crippen molar-refractivity contribution >= 4 is 34.7 Å². The third kappa shape index (κ3) is 4.70. The molecule has 0 spiro atoms. The minimum atomic E-state index is -0.279. The van der Waals surface area contributed by atoms with E-state index >= 15 is 0 Å². The quantitative estimate of drug-likeness (QED) is 0.251. The van der Waals surface area contributed by atoms with Crippen LogP contribution in [-0.2, 0) is 4.79 Å². The van der Waals surface area contributed by atoms with Crippen LogP contribution in [0.3, 0.4) is 0 Å². The number of aromatic nitrogens is 4. The Hall–Kier alpha value is -3.92. The molecule has 4 rings (SSSR count). The average molecular weight is 449 g/mol. The van der Waals surface area contributed by atoms with E-state index in [9.17, 15) is 4.79 Å². The Labute approximate surface area is 188 Å². The van der Waals surface area contributed by atoms with E-state index in [2.05, 4.69) is 26.1 Å². The van der Waals surface area contributed by atoms with Crippen molar-refractivity contribution in [2.75, 3.05) is 20.0 Å². The third-order valence-electron chi connectivity index (χ3n) is 4.58. The van der Waals surface area contributed by atoms with Gasteiger partial charge in [-0.05, 0) is 45.6 Å². The Morgan fingerprint density at radius 1 is 1.09 bits per heavy atom. The fourth-order valence-electron chi connectivity index (χ4n) is 3.09. The van der Waals surface area contributed by atoms with E-state index in [0.717, 1.165) is 22.0 Å². The molecule has 32 heavy (non-hydrogen) atoms. The SMILES string of the molecule is COc1ccc(/C=N/NC(=O)CSc2nnnn2-c2cccc3ccccc23)cc1OC. The molecule has 0 aliphatic heterocycles. The first kappa shape index (κ1) is 21.3. The molecule has 1 N–H and O–H groups in total. The zero-order chi connectivity index (χ0) is 22.3. The molecule has 0 saturated carbocycles. The number of rotatable bonds is 8. The van der Waals surface area contributed by atoms with E-state index in [-0.39, 0.29) is 11.7 Å². The molecule has 0 bridgehead atoms. The van der Waals surface area contributed by atoms with Gasteiger partial charge < -0.3 is 9.47 Å². The lowest BCUT2D eigenvalue weighted by molar-refractivity contribution is -0.118. The Balaban J connectivity index is 1.39. The van der Waals surface area contributed by atoms with Gasteiger partial charge in [0.25, 0.3) is 5.91 Å². The Kier molecular flexibility index (Phi) is 6.61. The lowest BCUT2D eigenvalue weighted by atomic mass is 10.1. The molecule has 1 amide bonds. The van der Waals surface area contributed by atoms with Gasteiger partial charge in [-0.2, -0.15) is 9.78 Å². The number of carbonyl (C=O) groups is 1. The summed E-state index contributed by atoms with van der Waals surface area (Å²) in [6.07, 6.45) is 1.53. The molecule has 3 aromatic carbocycles. The van der Waals surface area contributed by atoms with Gasteiger partial charge in [0.2, 0.25) is 5.16 Å². The highest BCUT2D eigenvalue weighted by Crippen LogP contribution is 2.27. The summed E-state index contributed by atoms with van der Waals surface area (Å²) < 4.78 is 12.1. The summed E-state index contributed by atoms with van der Waals surface area (Å²) in [5.41, 5.74) is 4.12. The van der Waals surface area contributed by atoms with Gasteiger partial charge in [0, 0.05) is 5.39 Å². The molecular weight excluding hydrogens is 428 g/mol. The number of thioether (sulfide) groups is 1. The van der Waals surface area contributed by atoms with Crippen molar-refractivity contribution in [2.45, 2.75) is 5.16 Å². The van der Waals surface area contributed by atoms with E-state index in [1.54, 1.807) is 31.0 Å². The van der Waals surface area contributed by atoms with Gasteiger partial charge in [-0.3, -0.25) is 4.79 Å². The molecule has 162 valence electrons. The number of hydrogen-bond donors (Lipinski definition) is 1. The second-order valence-electron chi connectivity index (χ2n) is 6.57. The molecule has 4 aromatic rings. The van der Waals surface area contributed by atoms with Crippen molar-refractivity contribution in [3.8, 4) is 17.2 Å². The van der Waals surface area contributed by atoms with Crippen molar-refractivity contribution in [3.63, 3.8) is 0 Å². The van der Waals surface area contributed by atoms with Crippen molar-refractivity contribution < 1.29 is 14.3 Å². The van der Waals surface area contributed by atoms with Crippen molar-refractivity contribution in [1.29, 1.82) is 0 Å². The van der Waals surface area contributed by atoms with Crippen LogP contribution in [0.15, 0.2) is 70.9 Å². The van der Waals surface area contributed by atoms with Gasteiger partial charge in [0.1, 0.15) is 0 Å². The molecule has 0 unspecified atom stereocenters. The third-order valence-corrected chi connectivity index (χ3v) is 5.50. The summed E-state index contributed by atoms with van der Waals surface area (Å²) >= 11 is 1.23. The fourth-order valence-corrected chi connectivity index (χ4v) is 3.76. The largest absolute Gasteiger partial charge is 0.493 e. The van der Waals surface area contributed by atoms with Crippen LogP contribution in [0.25, 0.3) is 16.5 Å². The highest BCUT2D eigenvalue weighted by atomic mass is 32.2. The molecule has 0 saturated heterocycles. The lowest BCUT2D eigenvalue weighted by Gasteiger charge is -2.08. The molecule has 10 heteroatoms. The molecule has 0 aliphatic carbocycles. The first-order chi connectivity index (χ1) is 15.7. The standard InChI is InChI=1S/C22H20N6O3S/c1-30-19-11-10-15(12-20(19)31-2)13-23-24-21(29)14-32-22-25-26-27-28(22)18-9-5-7-16-6-3-4-8-17(16)18/h3-13H,14H2,1-2H3,(H,24,29)/b23-13+. The average Bonchev–Trinajstić information content (AvgIpc) is 3.30. The minimum Gasteiger partial charge on any atom is -0.493 e. The summed E-state index contributed by atoms with van der Waals surface area (Å²) in [6, 6.07) is 19.2. The topological polar surface area (TPSA) is 104 Å². The Morgan fingerprint density at radius 3 is 2.75 bits per heavy atom. The number of carbonyl (C=O) groups excluding carboxylic acids is 1. The van der Waals surface area contributed by atoms with Gasteiger partial charge >= 0.3 is 0 Å². The number of hydrogen-bond acceptors (Lipinski definition) is 8. The predicted molar refractivity (Wildman–Crippen MR) is 123 cm³/mol. The van der Waals surface area contributed by atoms with Crippen molar-refractivity contribution in [2.24, 2.45) is 5.10 Å². The number of ether oxygens (including phenoxy) is 2. The van der Waals surface area contributed by atoms with Crippen LogP contribution in [0.2, 0.25) is 0 Å². The van der Waals surface area contributed by atoms with E-state index < -0.39 is 0 Å². The van der Waals surface area contributed by atoms with Crippen LogP contribution >= 0.6 is 11.8 Å². The number of hydrazone groups is 1. The first-order valence-corrected chi connectivity index (χ1v) is 10.6. The number of benzene rings is 3. The number of tetrazole rings is 1. The van der Waals surface area contributed by atoms with Crippen LogP contribution in [0, 0.1) is 0 Å². The highest BCUT2D eigenvalue weighted by Gasteiger charge is 2.13. The number of nitrogens with one attached hydrogen (secondary N) is 1. The van der Waals surface area contributed by atoms with Crippen molar-refractivity contribution in [3.05, 3.63) is 66.2 Å². The smallest absolute Gasteiger partial charge is 0.250 e. The highest BCUT2D eigenvalue weighted by molar-refractivity contribution is 7.99. The van der Waals surface area contributed by atoms with Gasteiger partial charge in [-0.15, -0.1) is 5.10 Å². The predicted octanol–water partition coefficient (Wildman–Crippen LogP) is 3.08. The second kappa shape index (κ2) is 9.92. The van der Waals surface area contributed by atoms with E-state index in [1.165, 1.54) is 18.0 Å². The van der Waals surface area contributed by atoms with Gasteiger partial charge in [-0.1, -0.05) is 48.2 Å². The van der Waals surface area contributed by atoms with E-state index in [0.29, 0.717) is 16.7 Å². The van der Waals surface area contributed by atoms with Crippen LogP contribution in [0.1, 0.15) is 5.56 Å². The Bertz CT molecular complexity index is 1270. The molecule has 9 nitrogen and oxygen atoms in total. The molecular formula is C22H20N6O3S. The first-order valence-electron chi connectivity index (χ1n) is 9.63. The van der Waals surface area contributed by atoms with Crippen LogP contribution in [-0.4, -0.2) is 52.3 Å². The molecule has 0 fully saturated rings. The second-order valence-corrected chi connectivity index (χ2v) is 7.51. The molecule has 0 radical (unpaired) electrons. The number of methoxy groups -OCH3 is 2. The number of nitrogens with zero attached hydrogens (tertiary/aromatic N) is 5. The zero-order valence-corrected chi connectivity index (χ0v) is 18.2. The lowest BCUT2D eigenvalue weighted by Crippen LogP contribution is -2.20. The molecule has 1 aromatic heterocycles. The van der Waals surface area contributed by atoms with Crippen LogP contribution in [0.4, 0.5) is 0 Å². The van der Waals surface area contributed by atoms with E-state index in [4.69, 9.17) is 9.47 Å². The number of fused-ring (bicyclic) bond motifs is 1. The Morgan fingerprint density at radius 2 is 1.91 bits per heavy atom. The molecule has 0 aliphatic rings. The van der Waals surface area contributed by atoms with Gasteiger partial charge in [0.15, 0.2) is 11.5 Å². The monoisotopic (exact) mass is 448 g/mol. The fraction of sp³-hybridized carbons (Fsp3) is 0.136. The normalized spacial score (nSPS) is 11.1. The summed E-state index contributed by atoms with van der Waals surface area (Å²) in [5.74, 6) is 1.03. The summed E-state index contributed by atoms with van der Waals surface area (Å²) in [5, 5.41) is 18.5. The van der Waals surface area contributed by atoms with Crippen LogP contribution in [0.5, 0.6) is 11.5 Å². The number of amides is 1. The molecule has 1 heterocycles. The maximum atomic E-state index is 12.2. The molecule has 0 atom stereocenters. The maximum Gasteiger partial charge on any atom is 0.250 e. The van der Waals surface area contributed by atoms with Gasteiger partial charge in [0.05, 0.1) is 31.9 Å². The summed E-state index contributed by atoms with van der Waals surface area (Å²) in [7, 11) is 3.13. The van der Waals surface area contributed by atoms with Crippen LogP contribution < -0.4 is 14.9 Å². The summed E-state index contributed by atoms with van der Waals surface area (Å²) in [4.78, 5) is 12.2. The van der Waals surface area contributed by atoms with Gasteiger partial charge in [-0.25, -0.2) is 5.43 Å². The summed E-state index contributed by atoms with van der Waals surface area (Å²) in [6.45, 7) is 0. The maximum absolute atomic E-state index is 12.2. The van der Waals surface area contributed by atoms with E-state index in [1.807, 2.05) is 48.5 Å². The van der Waals surface area contributed by atoms with Crippen molar-refractivity contribution in [1.82, 2.24) is 25.6 Å².